The van der Waals surface area contributed by atoms with Crippen LogP contribution >= 0.6 is 11.8 Å². The van der Waals surface area contributed by atoms with Gasteiger partial charge in [-0.3, -0.25) is 19.0 Å². The Kier molecular flexibility index (Phi) is 6.13. The van der Waals surface area contributed by atoms with E-state index in [-0.39, 0.29) is 24.3 Å². The first-order valence-electron chi connectivity index (χ1n) is 10.3. The number of nitrogens with two attached hydrogens (primary N) is 2. The first-order chi connectivity index (χ1) is 16.8. The minimum absolute atomic E-state index is 0.0617. The Balaban J connectivity index is 1.54. The molecule has 0 aliphatic carbocycles. The van der Waals surface area contributed by atoms with Gasteiger partial charge in [0.05, 0.1) is 13.1 Å². The van der Waals surface area contributed by atoms with Gasteiger partial charge in [0.2, 0.25) is 16.7 Å². The van der Waals surface area contributed by atoms with E-state index in [4.69, 9.17) is 11.5 Å². The lowest BCUT2D eigenvalue weighted by atomic mass is 10.0. The number of amides is 6. The summed E-state index contributed by atoms with van der Waals surface area (Å²) >= 11 is 0.706. The summed E-state index contributed by atoms with van der Waals surface area (Å²) in [6.45, 7) is -0.585. The van der Waals surface area contributed by atoms with Crippen LogP contribution in [0.5, 0.6) is 0 Å². The van der Waals surface area contributed by atoms with E-state index < -0.39 is 68.0 Å². The molecule has 3 heterocycles. The molecule has 0 spiro atoms. The topological polar surface area (TPSA) is 246 Å². The predicted molar refractivity (Wildman–Crippen MR) is 122 cm³/mol. The molecule has 0 aromatic heterocycles. The second-order valence-corrected chi connectivity index (χ2v) is 11.1. The molecule has 36 heavy (non-hydrogen) atoms. The number of carbonyl (C=O) groups excluding carboxylic acids is 4. The molecule has 194 valence electrons. The monoisotopic (exact) mass is 543 g/mol. The molecule has 3 aliphatic heterocycles. The molecule has 3 fully saturated rings. The normalized spacial score (nSPS) is 26.3. The molecule has 1 aromatic carbocycles. The van der Waals surface area contributed by atoms with Crippen LogP contribution in [-0.4, -0.2) is 98.7 Å². The van der Waals surface area contributed by atoms with Crippen LogP contribution in [0.15, 0.2) is 24.3 Å². The van der Waals surface area contributed by atoms with Gasteiger partial charge in [0.15, 0.2) is 5.25 Å². The van der Waals surface area contributed by atoms with E-state index in [1.54, 1.807) is 0 Å². The summed E-state index contributed by atoms with van der Waals surface area (Å²) in [5, 5.41) is 10.1. The van der Waals surface area contributed by atoms with Crippen molar-refractivity contribution in [3.63, 3.8) is 0 Å². The molecule has 0 saturated carbocycles. The number of nitrogens with one attached hydrogen (secondary N) is 2. The highest BCUT2D eigenvalue weighted by atomic mass is 32.2. The third-order valence-electron chi connectivity index (χ3n) is 5.94. The smallest absolute Gasteiger partial charge is 0.342 e. The van der Waals surface area contributed by atoms with Crippen molar-refractivity contribution in [2.45, 2.75) is 21.5 Å². The quantitative estimate of drug-likeness (QED) is 0.121. The molecule has 18 heteroatoms. The van der Waals surface area contributed by atoms with Gasteiger partial charge in [-0.2, -0.15) is 8.42 Å². The van der Waals surface area contributed by atoms with Crippen LogP contribution in [0.25, 0.3) is 0 Å². The largest absolute Gasteiger partial charge is 0.479 e. The number of nitrogens with zero attached hydrogens (tertiary/aromatic N) is 3. The lowest BCUT2D eigenvalue weighted by Gasteiger charge is -2.41. The molecule has 0 bridgehead atoms. The van der Waals surface area contributed by atoms with Crippen LogP contribution in [0.4, 0.5) is 15.3 Å². The van der Waals surface area contributed by atoms with Gasteiger partial charge < -0.3 is 26.8 Å². The van der Waals surface area contributed by atoms with Gasteiger partial charge in [-0.1, -0.05) is 23.9 Å². The minimum atomic E-state index is -4.95. The number of aliphatic carboxylic acids is 1. The molecule has 16 nitrogen and oxygen atoms in total. The number of rotatable bonds is 7. The second kappa shape index (κ2) is 8.71. The fourth-order valence-corrected chi connectivity index (χ4v) is 6.75. The van der Waals surface area contributed by atoms with E-state index >= 15 is 0 Å². The number of hydrogen-bond donors (Lipinski definition) is 6. The predicted octanol–water partition coefficient (Wildman–Crippen LogP) is -2.30. The number of fused-ring (bicyclic) bond motifs is 1. The van der Waals surface area contributed by atoms with E-state index in [1.165, 1.54) is 24.3 Å². The average Bonchev–Trinajstić information content (AvgIpc) is 3.32. The number of hydrogen-bond acceptors (Lipinski definition) is 9. The van der Waals surface area contributed by atoms with Crippen molar-refractivity contribution in [3.05, 3.63) is 29.8 Å². The number of urea groups is 2. The van der Waals surface area contributed by atoms with Crippen molar-refractivity contribution in [3.8, 4) is 0 Å². The molecule has 3 saturated heterocycles. The zero-order valence-electron chi connectivity index (χ0n) is 18.2. The third-order valence-corrected chi connectivity index (χ3v) is 8.70. The highest BCUT2D eigenvalue weighted by Crippen LogP contribution is 2.49. The maximum atomic E-state index is 12.9. The maximum absolute atomic E-state index is 12.9. The van der Waals surface area contributed by atoms with Crippen molar-refractivity contribution >= 4 is 57.4 Å². The molecule has 4 atom stereocenters. The van der Waals surface area contributed by atoms with Crippen LogP contribution in [-0.2, 0) is 24.5 Å². The first kappa shape index (κ1) is 25.3. The highest BCUT2D eigenvalue weighted by Gasteiger charge is 2.66. The van der Waals surface area contributed by atoms with Gasteiger partial charge >= 0.3 is 18.0 Å². The first-order valence-corrected chi connectivity index (χ1v) is 12.6. The van der Waals surface area contributed by atoms with E-state index in [0.29, 0.717) is 11.8 Å². The Labute approximate surface area is 207 Å². The number of primary amides is 1. The number of carboxylic acids is 1. The van der Waals surface area contributed by atoms with Crippen LogP contribution in [0.2, 0.25) is 0 Å². The van der Waals surface area contributed by atoms with Crippen molar-refractivity contribution in [2.75, 3.05) is 25.4 Å². The zero-order chi connectivity index (χ0) is 26.6. The summed E-state index contributed by atoms with van der Waals surface area (Å²) in [6, 6.07) is 1.92. The summed E-state index contributed by atoms with van der Waals surface area (Å²) < 4.78 is 33.6. The highest BCUT2D eigenvalue weighted by molar-refractivity contribution is 8.02. The molecule has 1 unspecified atom stereocenters. The van der Waals surface area contributed by atoms with E-state index in [2.05, 4.69) is 10.7 Å². The van der Waals surface area contributed by atoms with Crippen molar-refractivity contribution in [1.29, 1.82) is 0 Å². The van der Waals surface area contributed by atoms with Gasteiger partial charge in [0.1, 0.15) is 11.4 Å². The van der Waals surface area contributed by atoms with Crippen LogP contribution in [0, 0.1) is 0 Å². The number of thioether (sulfide) groups is 1. The second-order valence-electron chi connectivity index (χ2n) is 8.17. The van der Waals surface area contributed by atoms with Gasteiger partial charge in [0, 0.05) is 12.2 Å². The number of β-lactam (4-membered cyclic amide) rings is 1. The van der Waals surface area contributed by atoms with E-state index in [9.17, 15) is 42.0 Å². The van der Waals surface area contributed by atoms with E-state index in [0.717, 1.165) is 14.8 Å². The molecular weight excluding hydrogens is 522 g/mol. The summed E-state index contributed by atoms with van der Waals surface area (Å²) in [7, 11) is -4.95. The number of nitrogen functional groups attached to an aromatic ring is 1. The van der Waals surface area contributed by atoms with Gasteiger partial charge in [-0.05, 0) is 17.7 Å². The summed E-state index contributed by atoms with van der Waals surface area (Å²) in [5.41, 5.74) is 12.9. The number of hydrazine groups is 1. The number of carboxylic acid groups (broad SMARTS) is 1. The Hall–Kier alpha value is -3.77. The summed E-state index contributed by atoms with van der Waals surface area (Å²) in [4.78, 5) is 61.9. The van der Waals surface area contributed by atoms with Gasteiger partial charge in [-0.15, -0.1) is 0 Å². The van der Waals surface area contributed by atoms with Crippen LogP contribution in [0.3, 0.4) is 0 Å². The fourth-order valence-electron chi connectivity index (χ4n) is 4.27. The Morgan fingerprint density at radius 3 is 2.36 bits per heavy atom. The summed E-state index contributed by atoms with van der Waals surface area (Å²) in [5.74, 6) is -3.34. The molecule has 6 amide bonds. The minimum Gasteiger partial charge on any atom is -0.479 e. The zero-order valence-corrected chi connectivity index (χ0v) is 19.9. The van der Waals surface area contributed by atoms with Gasteiger partial charge in [0.25, 0.3) is 10.1 Å². The number of carbonyl (C=O) groups is 5. The maximum Gasteiger partial charge on any atom is 0.342 e. The Morgan fingerprint density at radius 2 is 1.81 bits per heavy atom. The van der Waals surface area contributed by atoms with Crippen molar-refractivity contribution in [2.24, 2.45) is 5.73 Å². The van der Waals surface area contributed by atoms with Crippen LogP contribution < -0.4 is 22.2 Å². The molecule has 3 aliphatic rings. The van der Waals surface area contributed by atoms with Crippen molar-refractivity contribution < 1.29 is 42.0 Å². The number of anilines is 1. The third kappa shape index (κ3) is 4.11. The number of benzene rings is 1. The standard InChI is InChI=1S/C18H21N7O9S2/c19-9-3-1-8(2-4-9)11(36(32,33)34)12(26)21-10-13(27)23-7-18(15(28)29,35-14(10)23)24-5-6-25(17(24)31)22-16(20)30/h1-4,10-11,14H,5-7,19H2,(H,21,26)(H,28,29)(H3,20,22,30)(H,32,33,34)/t10-,11?,14-,18-/m1/s1. The van der Waals surface area contributed by atoms with E-state index in [1.807, 2.05) is 0 Å². The average molecular weight is 544 g/mol. The van der Waals surface area contributed by atoms with Crippen molar-refractivity contribution in [1.82, 2.24) is 25.6 Å². The molecule has 8 N–H and O–H groups in total. The van der Waals surface area contributed by atoms with Crippen LogP contribution in [0.1, 0.15) is 10.8 Å². The Bertz CT molecular complexity index is 1260. The van der Waals surface area contributed by atoms with Gasteiger partial charge in [-0.25, -0.2) is 24.8 Å². The molecule has 0 radical (unpaired) electrons. The summed E-state index contributed by atoms with van der Waals surface area (Å²) in [6.07, 6.45) is 0. The lowest BCUT2D eigenvalue weighted by molar-refractivity contribution is -0.151. The Morgan fingerprint density at radius 1 is 1.17 bits per heavy atom. The fraction of sp³-hybridized carbons (Fsp3) is 0.389. The SMILES string of the molecule is NC(=O)NN1CCN([C@]2(C(=O)O)CN3C(=O)[C@@H](NC(=O)C(c4ccc(N)cc4)S(=O)(=O)O)[C@H]3S2)C1=O. The molecule has 4 rings (SSSR count). The lowest BCUT2D eigenvalue weighted by Crippen LogP contribution is -2.68. The molecular formula is C18H21N7O9S2. The molecule has 1 aromatic rings.